The van der Waals surface area contributed by atoms with Crippen LogP contribution in [0.1, 0.15) is 24.8 Å². The van der Waals surface area contributed by atoms with Crippen molar-refractivity contribution in [2.24, 2.45) is 0 Å². The van der Waals surface area contributed by atoms with Gasteiger partial charge in [0.1, 0.15) is 6.10 Å². The van der Waals surface area contributed by atoms with Crippen molar-refractivity contribution in [3.05, 3.63) is 65.2 Å². The Morgan fingerprint density at radius 2 is 1.75 bits per heavy atom. The number of likely N-dealkylation sites (tertiary alicyclic amines) is 1. The molecule has 6 heteroatoms. The molecule has 5 nitrogen and oxygen atoms in total. The predicted octanol–water partition coefficient (Wildman–Crippen LogP) is 4.04. The molecule has 0 saturated carbocycles. The van der Waals surface area contributed by atoms with Crippen LogP contribution in [0.4, 0.5) is 10.5 Å². The van der Waals surface area contributed by atoms with Gasteiger partial charge in [-0.2, -0.15) is 0 Å². The van der Waals surface area contributed by atoms with Crippen LogP contribution in [0.3, 0.4) is 0 Å². The molecule has 2 aliphatic heterocycles. The summed E-state index contributed by atoms with van der Waals surface area (Å²) in [6.45, 7) is 3.09. The second-order valence-electron chi connectivity index (χ2n) is 7.62. The van der Waals surface area contributed by atoms with Gasteiger partial charge >= 0.3 is 6.09 Å². The molecule has 0 aliphatic carbocycles. The average Bonchev–Trinajstić information content (AvgIpc) is 3.09. The lowest BCUT2D eigenvalue weighted by Gasteiger charge is -2.38. The molecule has 0 radical (unpaired) electrons. The lowest BCUT2D eigenvalue weighted by Crippen LogP contribution is -2.43. The summed E-state index contributed by atoms with van der Waals surface area (Å²) in [7, 11) is 0. The summed E-state index contributed by atoms with van der Waals surface area (Å²) < 4.78 is 5.54. The maximum atomic E-state index is 12.1. The second kappa shape index (κ2) is 8.11. The molecular formula is C22H25ClN2O3. The number of piperidine rings is 1. The fourth-order valence-electron chi connectivity index (χ4n) is 4.01. The van der Waals surface area contributed by atoms with E-state index in [4.69, 9.17) is 16.3 Å². The second-order valence-corrected chi connectivity index (χ2v) is 8.06. The lowest BCUT2D eigenvalue weighted by molar-refractivity contribution is -0.0275. The molecule has 1 amide bonds. The van der Waals surface area contributed by atoms with Crippen LogP contribution in [0, 0.1) is 0 Å². The molecule has 0 bridgehead atoms. The van der Waals surface area contributed by atoms with Crippen LogP contribution in [0.15, 0.2) is 54.6 Å². The molecule has 1 unspecified atom stereocenters. The Morgan fingerprint density at radius 1 is 1.07 bits per heavy atom. The zero-order valence-electron chi connectivity index (χ0n) is 15.8. The Hall–Kier alpha value is -2.08. The minimum Gasteiger partial charge on any atom is -0.444 e. The highest BCUT2D eigenvalue weighted by molar-refractivity contribution is 6.30. The van der Waals surface area contributed by atoms with E-state index in [1.807, 2.05) is 54.6 Å². The van der Waals surface area contributed by atoms with Crippen molar-refractivity contribution in [1.82, 2.24) is 4.90 Å². The molecule has 2 aromatic carbocycles. The summed E-state index contributed by atoms with van der Waals surface area (Å²) in [6, 6.07) is 17.1. The Bertz CT molecular complexity index is 804. The molecule has 4 rings (SSSR count). The molecular weight excluding hydrogens is 376 g/mol. The molecule has 28 heavy (non-hydrogen) atoms. The first-order chi connectivity index (χ1) is 13.5. The van der Waals surface area contributed by atoms with Crippen molar-refractivity contribution < 1.29 is 14.6 Å². The third-order valence-electron chi connectivity index (χ3n) is 5.77. The van der Waals surface area contributed by atoms with Gasteiger partial charge in [-0.15, -0.1) is 0 Å². The first-order valence-electron chi connectivity index (χ1n) is 9.77. The molecule has 1 atom stereocenters. The number of anilines is 1. The minimum atomic E-state index is -0.787. The zero-order chi connectivity index (χ0) is 19.6. The largest absolute Gasteiger partial charge is 0.444 e. The van der Waals surface area contributed by atoms with Gasteiger partial charge < -0.3 is 14.7 Å². The van der Waals surface area contributed by atoms with Crippen LogP contribution in [-0.2, 0) is 10.3 Å². The smallest absolute Gasteiger partial charge is 0.414 e. The van der Waals surface area contributed by atoms with Crippen LogP contribution in [0.25, 0.3) is 0 Å². The highest BCUT2D eigenvalue weighted by Crippen LogP contribution is 2.33. The number of ether oxygens (including phenoxy) is 1. The summed E-state index contributed by atoms with van der Waals surface area (Å²) in [5.41, 5.74) is 1.02. The topological polar surface area (TPSA) is 53.0 Å². The summed E-state index contributed by atoms with van der Waals surface area (Å²) >= 11 is 5.95. The summed E-state index contributed by atoms with van der Waals surface area (Å²) in [6.07, 6.45) is 1.82. The van der Waals surface area contributed by atoms with Crippen LogP contribution in [-0.4, -0.2) is 48.4 Å². The highest BCUT2D eigenvalue weighted by atomic mass is 35.5. The maximum absolute atomic E-state index is 12.1. The predicted molar refractivity (Wildman–Crippen MR) is 110 cm³/mol. The number of amides is 1. The van der Waals surface area contributed by atoms with Gasteiger partial charge in [0.25, 0.3) is 0 Å². The normalized spacial score (nSPS) is 22.3. The highest BCUT2D eigenvalue weighted by Gasteiger charge is 2.35. The SMILES string of the molecule is O=C1OC(CCN2CCC(O)(c3ccc(Cl)cc3)CC2)CN1c1ccccc1. The van der Waals surface area contributed by atoms with Crippen LogP contribution in [0.2, 0.25) is 5.02 Å². The first kappa shape index (κ1) is 19.2. The number of cyclic esters (lactones) is 1. The molecule has 2 aliphatic rings. The van der Waals surface area contributed by atoms with E-state index in [0.29, 0.717) is 24.4 Å². The van der Waals surface area contributed by atoms with Crippen molar-refractivity contribution >= 4 is 23.4 Å². The first-order valence-corrected chi connectivity index (χ1v) is 10.2. The Morgan fingerprint density at radius 3 is 2.43 bits per heavy atom. The van der Waals surface area contributed by atoms with E-state index in [0.717, 1.165) is 37.3 Å². The van der Waals surface area contributed by atoms with E-state index < -0.39 is 5.60 Å². The van der Waals surface area contributed by atoms with Gasteiger partial charge in [-0.1, -0.05) is 41.9 Å². The zero-order valence-corrected chi connectivity index (χ0v) is 16.5. The van der Waals surface area contributed by atoms with E-state index in [1.54, 1.807) is 4.90 Å². The van der Waals surface area contributed by atoms with Gasteiger partial charge in [-0.05, 0) is 49.1 Å². The maximum Gasteiger partial charge on any atom is 0.414 e. The molecule has 148 valence electrons. The van der Waals surface area contributed by atoms with E-state index in [1.165, 1.54) is 0 Å². The Kier molecular flexibility index (Phi) is 5.58. The number of carbonyl (C=O) groups is 1. The van der Waals surface area contributed by atoms with Gasteiger partial charge in [-0.25, -0.2) is 4.79 Å². The lowest BCUT2D eigenvalue weighted by atomic mass is 9.84. The Balaban J connectivity index is 1.27. The quantitative estimate of drug-likeness (QED) is 0.823. The summed E-state index contributed by atoms with van der Waals surface area (Å²) in [5, 5.41) is 11.7. The molecule has 2 aromatic rings. The molecule has 0 aromatic heterocycles. The number of nitrogens with zero attached hydrogens (tertiary/aromatic N) is 2. The van der Waals surface area contributed by atoms with Crippen molar-refractivity contribution in [3.8, 4) is 0 Å². The van der Waals surface area contributed by atoms with Gasteiger partial charge in [0.05, 0.1) is 12.1 Å². The van der Waals surface area contributed by atoms with Gasteiger partial charge in [0.15, 0.2) is 0 Å². The number of para-hydroxylation sites is 1. The molecule has 2 heterocycles. The van der Waals surface area contributed by atoms with Crippen molar-refractivity contribution in [2.75, 3.05) is 31.1 Å². The van der Waals surface area contributed by atoms with Crippen LogP contribution in [0.5, 0.6) is 0 Å². The number of carbonyl (C=O) groups excluding carboxylic acids is 1. The number of hydrogen-bond acceptors (Lipinski definition) is 4. The van der Waals surface area contributed by atoms with Crippen LogP contribution >= 0.6 is 11.6 Å². The third kappa shape index (κ3) is 4.17. The number of halogens is 1. The van der Waals surface area contributed by atoms with E-state index >= 15 is 0 Å². The van der Waals surface area contributed by atoms with E-state index in [9.17, 15) is 9.90 Å². The molecule has 2 fully saturated rings. The van der Waals surface area contributed by atoms with E-state index in [-0.39, 0.29) is 12.2 Å². The number of aliphatic hydroxyl groups is 1. The average molecular weight is 401 g/mol. The number of benzene rings is 2. The monoisotopic (exact) mass is 400 g/mol. The molecule has 2 saturated heterocycles. The number of hydrogen-bond donors (Lipinski definition) is 1. The van der Waals surface area contributed by atoms with Gasteiger partial charge in [-0.3, -0.25) is 4.90 Å². The van der Waals surface area contributed by atoms with Crippen LogP contribution < -0.4 is 4.90 Å². The fraction of sp³-hybridized carbons (Fsp3) is 0.409. The van der Waals surface area contributed by atoms with Crippen molar-refractivity contribution in [1.29, 1.82) is 0 Å². The summed E-state index contributed by atoms with van der Waals surface area (Å²) in [4.78, 5) is 16.2. The van der Waals surface area contributed by atoms with Crippen molar-refractivity contribution in [3.63, 3.8) is 0 Å². The van der Waals surface area contributed by atoms with Crippen molar-refractivity contribution in [2.45, 2.75) is 31.0 Å². The summed E-state index contributed by atoms with van der Waals surface area (Å²) in [5.74, 6) is 0. The Labute approximate surface area is 170 Å². The minimum absolute atomic E-state index is 0.0928. The van der Waals surface area contributed by atoms with E-state index in [2.05, 4.69) is 4.90 Å². The molecule has 1 N–H and O–H groups in total. The standard InChI is InChI=1S/C22H25ClN2O3/c23-18-8-6-17(7-9-18)22(27)11-14-24(15-12-22)13-10-20-16-25(21(26)28-20)19-4-2-1-3-5-19/h1-9,20,27H,10-16H2. The number of rotatable bonds is 5. The fourth-order valence-corrected chi connectivity index (χ4v) is 4.14. The van der Waals surface area contributed by atoms with Gasteiger partial charge in [0, 0.05) is 30.3 Å². The molecule has 0 spiro atoms. The van der Waals surface area contributed by atoms with Gasteiger partial charge in [0.2, 0.25) is 0 Å². The third-order valence-corrected chi connectivity index (χ3v) is 6.03.